The highest BCUT2D eigenvalue weighted by Gasteiger charge is 1.92. The molecule has 0 amide bonds. The van der Waals surface area contributed by atoms with Crippen molar-refractivity contribution in [1.29, 1.82) is 0 Å². The van der Waals surface area contributed by atoms with Crippen LogP contribution in [0.3, 0.4) is 0 Å². The summed E-state index contributed by atoms with van der Waals surface area (Å²) in [6.07, 6.45) is 0. The molecule has 1 nitrogen and oxygen atoms in total. The van der Waals surface area contributed by atoms with E-state index in [0.29, 0.717) is 5.88 Å². The fourth-order valence-electron chi connectivity index (χ4n) is 0.120. The van der Waals surface area contributed by atoms with Crippen LogP contribution in [0, 0.1) is 0 Å². The van der Waals surface area contributed by atoms with E-state index in [0.717, 1.165) is 0 Å². The second-order valence-corrected chi connectivity index (χ2v) is 2.03. The van der Waals surface area contributed by atoms with Gasteiger partial charge in [-0.2, -0.15) is 0 Å². The molecule has 0 fully saturated rings. The smallest absolute Gasteiger partial charge is 0.163 e. The number of alkyl halides is 1. The van der Waals surface area contributed by atoms with Crippen molar-refractivity contribution in [1.82, 2.24) is 0 Å². The van der Waals surface area contributed by atoms with Crippen LogP contribution >= 0.6 is 11.6 Å². The first-order chi connectivity index (χ1) is 3.18. The fourth-order valence-corrected chi connectivity index (χ4v) is 0.359. The highest BCUT2D eigenvalue weighted by atomic mass is 35.5. The topological polar surface area (TPSA) is 3.01 Å². The molecule has 0 spiro atoms. The molecule has 0 saturated carbocycles. The number of hydrogen-bond acceptors (Lipinski definition) is 0. The molecule has 0 aromatic heterocycles. The summed E-state index contributed by atoms with van der Waals surface area (Å²) in [5.74, 6) is 0.632. The van der Waals surface area contributed by atoms with Gasteiger partial charge in [0.25, 0.3) is 0 Å². The standard InChI is InChI=1S/C5H11ClN/c1-5(4-6)7(2)3/h4H2,1-3H3/q+1. The molecule has 0 rings (SSSR count). The van der Waals surface area contributed by atoms with Crippen molar-refractivity contribution < 1.29 is 4.58 Å². The van der Waals surface area contributed by atoms with Gasteiger partial charge in [-0.3, -0.25) is 0 Å². The summed E-state index contributed by atoms with van der Waals surface area (Å²) < 4.78 is 2.01. The van der Waals surface area contributed by atoms with Gasteiger partial charge in [-0.05, 0) is 0 Å². The first kappa shape index (κ1) is 6.96. The Morgan fingerprint density at radius 2 is 2.00 bits per heavy atom. The Morgan fingerprint density at radius 1 is 1.57 bits per heavy atom. The molecule has 0 unspecified atom stereocenters. The first-order valence-corrected chi connectivity index (χ1v) is 2.77. The van der Waals surface area contributed by atoms with Crippen LogP contribution in [0.15, 0.2) is 0 Å². The maximum absolute atomic E-state index is 5.47. The van der Waals surface area contributed by atoms with Gasteiger partial charge in [0.1, 0.15) is 20.0 Å². The van der Waals surface area contributed by atoms with Crippen LogP contribution < -0.4 is 0 Å². The molecule has 0 bridgehead atoms. The van der Waals surface area contributed by atoms with Gasteiger partial charge >= 0.3 is 0 Å². The summed E-state index contributed by atoms with van der Waals surface area (Å²) in [6.45, 7) is 2.01. The molecule has 0 N–H and O–H groups in total. The van der Waals surface area contributed by atoms with Gasteiger partial charge in [-0.15, -0.1) is 11.6 Å². The highest BCUT2D eigenvalue weighted by molar-refractivity contribution is 6.27. The molecule has 0 aromatic rings. The van der Waals surface area contributed by atoms with Crippen LogP contribution in [0.4, 0.5) is 0 Å². The summed E-state index contributed by atoms with van der Waals surface area (Å²) in [6, 6.07) is 0. The third-order valence-electron chi connectivity index (χ3n) is 0.957. The van der Waals surface area contributed by atoms with E-state index in [1.165, 1.54) is 5.71 Å². The van der Waals surface area contributed by atoms with E-state index < -0.39 is 0 Å². The predicted octanol–water partition coefficient (Wildman–Crippen LogP) is 0.958. The van der Waals surface area contributed by atoms with Crippen LogP contribution in [0.1, 0.15) is 6.92 Å². The normalized spacial score (nSPS) is 8.57. The van der Waals surface area contributed by atoms with Crippen molar-refractivity contribution in [2.75, 3.05) is 20.0 Å². The zero-order chi connectivity index (χ0) is 5.86. The van der Waals surface area contributed by atoms with Gasteiger partial charge in [0.2, 0.25) is 0 Å². The maximum atomic E-state index is 5.47. The predicted molar refractivity (Wildman–Crippen MR) is 33.5 cm³/mol. The summed E-state index contributed by atoms with van der Waals surface area (Å²) >= 11 is 5.47. The van der Waals surface area contributed by atoms with Crippen LogP contribution in [0.25, 0.3) is 0 Å². The van der Waals surface area contributed by atoms with Crippen LogP contribution in [-0.4, -0.2) is 30.3 Å². The van der Waals surface area contributed by atoms with Crippen molar-refractivity contribution in [3.8, 4) is 0 Å². The Kier molecular flexibility index (Phi) is 3.01. The number of rotatable bonds is 1. The van der Waals surface area contributed by atoms with Gasteiger partial charge in [0.05, 0.1) is 0 Å². The number of hydrogen-bond donors (Lipinski definition) is 0. The average Bonchev–Trinajstić information content (AvgIpc) is 1.65. The minimum Gasteiger partial charge on any atom is -0.242 e. The van der Waals surface area contributed by atoms with Crippen molar-refractivity contribution in [3.05, 3.63) is 0 Å². The van der Waals surface area contributed by atoms with E-state index in [2.05, 4.69) is 0 Å². The second-order valence-electron chi connectivity index (χ2n) is 1.76. The molecule has 0 aliphatic carbocycles. The summed E-state index contributed by atoms with van der Waals surface area (Å²) in [5.41, 5.74) is 1.20. The first-order valence-electron chi connectivity index (χ1n) is 2.24. The lowest BCUT2D eigenvalue weighted by atomic mass is 10.5. The van der Waals surface area contributed by atoms with Gasteiger partial charge in [-0.1, -0.05) is 0 Å². The second kappa shape index (κ2) is 3.03. The third-order valence-corrected chi connectivity index (χ3v) is 1.34. The molecule has 0 heterocycles. The molecule has 0 radical (unpaired) electrons. The lowest BCUT2D eigenvalue weighted by molar-refractivity contribution is -0.465. The van der Waals surface area contributed by atoms with E-state index >= 15 is 0 Å². The van der Waals surface area contributed by atoms with E-state index in [4.69, 9.17) is 11.6 Å². The van der Waals surface area contributed by atoms with Gasteiger partial charge < -0.3 is 0 Å². The van der Waals surface area contributed by atoms with Crippen molar-refractivity contribution in [2.24, 2.45) is 0 Å². The quantitative estimate of drug-likeness (QED) is 0.276. The molecular formula is C5H11ClN+. The monoisotopic (exact) mass is 120 g/mol. The Morgan fingerprint density at radius 3 is 2.00 bits per heavy atom. The minimum atomic E-state index is 0.632. The Hall–Kier alpha value is -0.0400. The zero-order valence-electron chi connectivity index (χ0n) is 5.03. The minimum absolute atomic E-state index is 0.632. The lowest BCUT2D eigenvalue weighted by Gasteiger charge is -1.87. The molecule has 7 heavy (non-hydrogen) atoms. The Balaban J connectivity index is 3.72. The Labute approximate surface area is 49.6 Å². The molecule has 0 aromatic carbocycles. The molecule has 2 heteroatoms. The van der Waals surface area contributed by atoms with Crippen molar-refractivity contribution >= 4 is 17.3 Å². The van der Waals surface area contributed by atoms with Gasteiger partial charge in [-0.25, -0.2) is 4.58 Å². The average molecular weight is 121 g/mol. The lowest BCUT2D eigenvalue weighted by Crippen LogP contribution is -2.09. The zero-order valence-corrected chi connectivity index (χ0v) is 5.79. The maximum Gasteiger partial charge on any atom is 0.163 e. The van der Waals surface area contributed by atoms with E-state index in [9.17, 15) is 0 Å². The summed E-state index contributed by atoms with van der Waals surface area (Å²) in [4.78, 5) is 0. The van der Waals surface area contributed by atoms with Crippen molar-refractivity contribution in [2.45, 2.75) is 6.92 Å². The van der Waals surface area contributed by atoms with Crippen molar-refractivity contribution in [3.63, 3.8) is 0 Å². The fraction of sp³-hybridized carbons (Fsp3) is 0.800. The number of nitrogens with zero attached hydrogens (tertiary/aromatic N) is 1. The van der Waals surface area contributed by atoms with E-state index in [-0.39, 0.29) is 0 Å². The van der Waals surface area contributed by atoms with Crippen LogP contribution in [0.2, 0.25) is 0 Å². The molecule has 42 valence electrons. The van der Waals surface area contributed by atoms with Gasteiger partial charge in [0.15, 0.2) is 5.71 Å². The van der Waals surface area contributed by atoms with Crippen LogP contribution in [0.5, 0.6) is 0 Å². The summed E-state index contributed by atoms with van der Waals surface area (Å²) in [5, 5.41) is 0. The molecule has 0 atom stereocenters. The largest absolute Gasteiger partial charge is 0.242 e. The van der Waals surface area contributed by atoms with E-state index in [1.807, 2.05) is 25.6 Å². The van der Waals surface area contributed by atoms with E-state index in [1.54, 1.807) is 0 Å². The summed E-state index contributed by atoms with van der Waals surface area (Å²) in [7, 11) is 3.97. The molecule has 0 aliphatic heterocycles. The Bertz CT molecular complexity index is 82.1. The number of halogens is 1. The SMILES string of the molecule is CC(CCl)=[N+](C)C. The molecular weight excluding hydrogens is 110 g/mol. The highest BCUT2D eigenvalue weighted by Crippen LogP contribution is 1.77. The molecule has 0 aliphatic rings. The van der Waals surface area contributed by atoms with Crippen LogP contribution in [-0.2, 0) is 0 Å². The molecule has 0 saturated heterocycles. The third kappa shape index (κ3) is 2.63. The van der Waals surface area contributed by atoms with Gasteiger partial charge in [0, 0.05) is 6.92 Å².